The van der Waals surface area contributed by atoms with Gasteiger partial charge in [-0.25, -0.2) is 0 Å². The molecule has 6 heteroatoms. The highest BCUT2D eigenvalue weighted by Gasteiger charge is 2.28. The van der Waals surface area contributed by atoms with Gasteiger partial charge in [0.1, 0.15) is 5.75 Å². The predicted molar refractivity (Wildman–Crippen MR) is 79.6 cm³/mol. The molecule has 20 heavy (non-hydrogen) atoms. The number of aliphatic hydroxyl groups is 2. The van der Waals surface area contributed by atoms with Crippen LogP contribution >= 0.6 is 15.9 Å². The van der Waals surface area contributed by atoms with Gasteiger partial charge in [0.15, 0.2) is 0 Å². The minimum absolute atomic E-state index is 0.161. The van der Waals surface area contributed by atoms with Crippen molar-refractivity contribution in [1.82, 2.24) is 5.32 Å². The van der Waals surface area contributed by atoms with Crippen LogP contribution < -0.4 is 10.1 Å². The van der Waals surface area contributed by atoms with Gasteiger partial charge in [0.25, 0.3) is 0 Å². The zero-order valence-corrected chi connectivity index (χ0v) is 13.0. The molecule has 5 nitrogen and oxygen atoms in total. The van der Waals surface area contributed by atoms with Gasteiger partial charge >= 0.3 is 0 Å². The van der Waals surface area contributed by atoms with E-state index < -0.39 is 5.54 Å². The minimum Gasteiger partial charge on any atom is -0.493 e. The first-order valence-electron chi connectivity index (χ1n) is 6.46. The molecule has 0 spiro atoms. The van der Waals surface area contributed by atoms with Crippen LogP contribution in [0.2, 0.25) is 0 Å². The molecule has 1 amide bonds. The predicted octanol–water partition coefficient (Wildman–Crippen LogP) is 1.47. The Balaban J connectivity index is 2.40. The molecule has 1 aromatic rings. The lowest BCUT2D eigenvalue weighted by atomic mass is 9.98. The number of rotatable bonds is 8. The molecule has 0 fully saturated rings. The molecule has 0 atom stereocenters. The second kappa shape index (κ2) is 8.24. The molecule has 1 rings (SSSR count). The first-order chi connectivity index (χ1) is 9.55. The number of hydrogen-bond donors (Lipinski definition) is 3. The van der Waals surface area contributed by atoms with Crippen LogP contribution in [0.3, 0.4) is 0 Å². The Morgan fingerprint density at radius 2 is 2.10 bits per heavy atom. The standard InChI is InChI=1S/C14H20BrNO4/c1-2-14(9-17,10-18)16-13(19)6-7-20-12-5-3-4-11(15)8-12/h3-5,8,17-18H,2,6-7,9-10H2,1H3,(H,16,19). The summed E-state index contributed by atoms with van der Waals surface area (Å²) in [6.45, 7) is 1.44. The fourth-order valence-electron chi connectivity index (χ4n) is 1.62. The Labute approximate surface area is 127 Å². The topological polar surface area (TPSA) is 78.8 Å². The summed E-state index contributed by atoms with van der Waals surface area (Å²) >= 11 is 3.34. The summed E-state index contributed by atoms with van der Waals surface area (Å²) < 4.78 is 6.36. The fraction of sp³-hybridized carbons (Fsp3) is 0.500. The van der Waals surface area contributed by atoms with E-state index in [1.165, 1.54) is 0 Å². The molecule has 0 aliphatic carbocycles. The van der Waals surface area contributed by atoms with Crippen molar-refractivity contribution in [1.29, 1.82) is 0 Å². The van der Waals surface area contributed by atoms with Crippen LogP contribution in [0.4, 0.5) is 0 Å². The SMILES string of the molecule is CCC(CO)(CO)NC(=O)CCOc1cccc(Br)c1. The Morgan fingerprint density at radius 3 is 2.65 bits per heavy atom. The fourth-order valence-corrected chi connectivity index (χ4v) is 2.00. The molecule has 1 aromatic carbocycles. The molecule has 0 aliphatic rings. The first-order valence-corrected chi connectivity index (χ1v) is 7.25. The molecule has 112 valence electrons. The van der Waals surface area contributed by atoms with Gasteiger partial charge in [-0.3, -0.25) is 4.79 Å². The van der Waals surface area contributed by atoms with Crippen LogP contribution in [-0.4, -0.2) is 41.5 Å². The largest absolute Gasteiger partial charge is 0.493 e. The van der Waals surface area contributed by atoms with E-state index in [0.717, 1.165) is 4.47 Å². The number of carbonyl (C=O) groups excluding carboxylic acids is 1. The molecule has 0 radical (unpaired) electrons. The van der Waals surface area contributed by atoms with E-state index >= 15 is 0 Å². The number of nitrogens with one attached hydrogen (secondary N) is 1. The number of aliphatic hydroxyl groups excluding tert-OH is 2. The van der Waals surface area contributed by atoms with E-state index in [0.29, 0.717) is 12.2 Å². The van der Waals surface area contributed by atoms with Crippen LogP contribution in [0.15, 0.2) is 28.7 Å². The summed E-state index contributed by atoms with van der Waals surface area (Å²) in [6, 6.07) is 7.35. The van der Waals surface area contributed by atoms with Gasteiger partial charge in [-0.1, -0.05) is 28.9 Å². The summed E-state index contributed by atoms with van der Waals surface area (Å²) in [4.78, 5) is 11.8. The molecular formula is C14H20BrNO4. The number of benzene rings is 1. The van der Waals surface area contributed by atoms with E-state index in [1.807, 2.05) is 18.2 Å². The Morgan fingerprint density at radius 1 is 1.40 bits per heavy atom. The van der Waals surface area contributed by atoms with Gasteiger partial charge in [-0.2, -0.15) is 0 Å². The summed E-state index contributed by atoms with van der Waals surface area (Å²) in [5.74, 6) is 0.420. The maximum Gasteiger partial charge on any atom is 0.224 e. The molecule has 3 N–H and O–H groups in total. The Bertz CT molecular complexity index is 427. The maximum atomic E-state index is 11.8. The van der Waals surface area contributed by atoms with Gasteiger partial charge in [0.2, 0.25) is 5.91 Å². The van der Waals surface area contributed by atoms with Crippen LogP contribution in [0.25, 0.3) is 0 Å². The van der Waals surface area contributed by atoms with Crippen LogP contribution in [0.5, 0.6) is 5.75 Å². The number of amides is 1. The van der Waals surface area contributed by atoms with Gasteiger partial charge < -0.3 is 20.3 Å². The van der Waals surface area contributed by atoms with E-state index in [2.05, 4.69) is 21.2 Å². The number of carbonyl (C=O) groups is 1. The maximum absolute atomic E-state index is 11.8. The lowest BCUT2D eigenvalue weighted by molar-refractivity contribution is -0.125. The molecule has 0 saturated heterocycles. The van der Waals surface area contributed by atoms with E-state index in [1.54, 1.807) is 13.0 Å². The zero-order chi connectivity index (χ0) is 15.0. The van der Waals surface area contributed by atoms with Crippen molar-refractivity contribution >= 4 is 21.8 Å². The van der Waals surface area contributed by atoms with Gasteiger partial charge in [0, 0.05) is 4.47 Å². The van der Waals surface area contributed by atoms with Crippen LogP contribution in [-0.2, 0) is 4.79 Å². The third kappa shape index (κ3) is 5.11. The molecular weight excluding hydrogens is 326 g/mol. The lowest BCUT2D eigenvalue weighted by Crippen LogP contribution is -2.54. The van der Waals surface area contributed by atoms with Gasteiger partial charge in [-0.15, -0.1) is 0 Å². The third-order valence-electron chi connectivity index (χ3n) is 3.08. The number of ether oxygens (including phenoxy) is 1. The van der Waals surface area contributed by atoms with Gasteiger partial charge in [-0.05, 0) is 24.6 Å². The average Bonchev–Trinajstić information content (AvgIpc) is 2.45. The van der Waals surface area contributed by atoms with E-state index in [9.17, 15) is 15.0 Å². The number of hydrogen-bond acceptors (Lipinski definition) is 4. The quantitative estimate of drug-likeness (QED) is 0.666. The van der Waals surface area contributed by atoms with Crippen molar-refractivity contribution in [3.63, 3.8) is 0 Å². The summed E-state index contributed by atoms with van der Waals surface area (Å²) in [7, 11) is 0. The smallest absolute Gasteiger partial charge is 0.224 e. The second-order valence-corrected chi connectivity index (χ2v) is 5.47. The minimum atomic E-state index is -0.952. The van der Waals surface area contributed by atoms with Gasteiger partial charge in [0.05, 0.1) is 31.8 Å². The van der Waals surface area contributed by atoms with E-state index in [-0.39, 0.29) is 32.1 Å². The molecule has 0 aromatic heterocycles. The third-order valence-corrected chi connectivity index (χ3v) is 3.57. The highest BCUT2D eigenvalue weighted by Crippen LogP contribution is 2.17. The summed E-state index contributed by atoms with van der Waals surface area (Å²) in [6.07, 6.45) is 0.618. The van der Waals surface area contributed by atoms with Crippen molar-refractivity contribution in [2.24, 2.45) is 0 Å². The Kier molecular flexibility index (Phi) is 6.98. The molecule has 0 aliphatic heterocycles. The van der Waals surface area contributed by atoms with Crippen molar-refractivity contribution in [2.45, 2.75) is 25.3 Å². The van der Waals surface area contributed by atoms with Crippen molar-refractivity contribution in [2.75, 3.05) is 19.8 Å². The highest BCUT2D eigenvalue weighted by atomic mass is 79.9. The molecule has 0 saturated carbocycles. The van der Waals surface area contributed by atoms with E-state index in [4.69, 9.17) is 4.74 Å². The monoisotopic (exact) mass is 345 g/mol. The highest BCUT2D eigenvalue weighted by molar-refractivity contribution is 9.10. The first kappa shape index (κ1) is 16.9. The molecule has 0 heterocycles. The summed E-state index contributed by atoms with van der Waals surface area (Å²) in [5, 5.41) is 21.1. The van der Waals surface area contributed by atoms with Crippen molar-refractivity contribution in [3.05, 3.63) is 28.7 Å². The summed E-state index contributed by atoms with van der Waals surface area (Å²) in [5.41, 5.74) is -0.952. The normalized spacial score (nSPS) is 11.2. The van der Waals surface area contributed by atoms with Crippen molar-refractivity contribution in [3.8, 4) is 5.75 Å². The molecule has 0 bridgehead atoms. The lowest BCUT2D eigenvalue weighted by Gasteiger charge is -2.29. The van der Waals surface area contributed by atoms with Crippen LogP contribution in [0.1, 0.15) is 19.8 Å². The zero-order valence-electron chi connectivity index (χ0n) is 11.4. The Hall–Kier alpha value is -1.11. The van der Waals surface area contributed by atoms with Crippen molar-refractivity contribution < 1.29 is 19.7 Å². The second-order valence-electron chi connectivity index (χ2n) is 4.55. The molecule has 0 unspecified atom stereocenters. The average molecular weight is 346 g/mol. The number of halogens is 1. The van der Waals surface area contributed by atoms with Crippen LogP contribution in [0, 0.1) is 0 Å².